The van der Waals surface area contributed by atoms with Crippen molar-refractivity contribution >= 4 is 53.4 Å². The summed E-state index contributed by atoms with van der Waals surface area (Å²) in [6, 6.07) is 5.72. The van der Waals surface area contributed by atoms with Gasteiger partial charge in [0.25, 0.3) is 0 Å². The van der Waals surface area contributed by atoms with Crippen molar-refractivity contribution in [3.05, 3.63) is 18.2 Å². The van der Waals surface area contributed by atoms with E-state index < -0.39 is 7.15 Å². The predicted octanol–water partition coefficient (Wildman–Crippen LogP) is 2.09. The number of hydrogen-bond acceptors (Lipinski definition) is 4. The van der Waals surface area contributed by atoms with E-state index in [9.17, 15) is 0 Å². The van der Waals surface area contributed by atoms with Crippen LogP contribution in [-0.2, 0) is 29.5 Å². The molecule has 0 atom stereocenters. The Morgan fingerprint density at radius 2 is 2.08 bits per heavy atom. The molecule has 1 aromatic rings. The Morgan fingerprint density at radius 3 is 2.83 bits per heavy atom. The molecule has 0 amide bonds. The van der Waals surface area contributed by atoms with Gasteiger partial charge in [-0.2, -0.15) is 0 Å². The van der Waals surface area contributed by atoms with E-state index in [1.54, 1.807) is 5.55 Å². The molecule has 1 aromatic carbocycles. The Morgan fingerprint density at radius 1 is 1.33 bits per heavy atom. The largest absolute Gasteiger partial charge is 0.248 e. The van der Waals surface area contributed by atoms with Gasteiger partial charge in [0, 0.05) is 9.79 Å². The second-order valence-corrected chi connectivity index (χ2v) is 8.48. The van der Waals surface area contributed by atoms with Gasteiger partial charge in [-0.05, 0) is 47.7 Å². The molecule has 62 valence electrons. The number of aliphatic imine (C=N–C) groups is 1. The van der Waals surface area contributed by atoms with Gasteiger partial charge in [-0.25, -0.2) is 4.99 Å². The van der Waals surface area contributed by atoms with Crippen LogP contribution in [0.1, 0.15) is 0 Å². The first kappa shape index (κ1) is 8.62. The molecule has 1 nitrogen and oxygen atoms in total. The van der Waals surface area contributed by atoms with E-state index in [0.29, 0.717) is 0 Å². The van der Waals surface area contributed by atoms with Gasteiger partial charge in [0.15, 0.2) is 0 Å². The molecule has 0 unspecified atom stereocenters. The Balaban J connectivity index is 2.80. The number of rotatable bonds is 0. The molecule has 0 spiro atoms. The van der Waals surface area contributed by atoms with Crippen LogP contribution in [0, 0.1) is 0 Å². The smallest absolute Gasteiger partial charge is 0.0782 e. The highest BCUT2D eigenvalue weighted by Gasteiger charge is 2.14. The summed E-state index contributed by atoms with van der Waals surface area (Å²) in [4.78, 5) is 6.04. The molecule has 0 aliphatic carbocycles. The summed E-state index contributed by atoms with van der Waals surface area (Å²) in [5.41, 5.74) is 2.61. The second-order valence-electron chi connectivity index (χ2n) is 2.43. The lowest BCUT2D eigenvalue weighted by Gasteiger charge is -2.00. The molecule has 0 bridgehead atoms. The van der Waals surface area contributed by atoms with Gasteiger partial charge in [-0.1, -0.05) is 0 Å². The molecule has 0 N–H and O–H groups in total. The first-order chi connectivity index (χ1) is 5.59. The summed E-state index contributed by atoms with van der Waals surface area (Å²) >= 11 is 14.7. The van der Waals surface area contributed by atoms with Crippen LogP contribution in [0.5, 0.6) is 0 Å². The Bertz CT molecular complexity index is 458. The van der Waals surface area contributed by atoms with Crippen molar-refractivity contribution in [2.45, 2.75) is 9.79 Å². The fraction of sp³-hybridized carbons (Fsp3) is 0. The zero-order valence-electron chi connectivity index (χ0n) is 5.93. The van der Waals surface area contributed by atoms with Crippen LogP contribution >= 0.6 is 12.6 Å². The third-order valence-corrected chi connectivity index (χ3v) is 4.78. The lowest BCUT2D eigenvalue weighted by atomic mass is 10.3. The number of fused-ring (bicyclic) bond motifs is 1. The van der Waals surface area contributed by atoms with Crippen molar-refractivity contribution < 1.29 is 0 Å². The molecule has 12 heavy (non-hydrogen) atoms. The monoisotopic (exact) mass is 231 g/mol. The van der Waals surface area contributed by atoms with E-state index >= 15 is 0 Å². The zero-order chi connectivity index (χ0) is 8.77. The molecule has 0 radical (unpaired) electrons. The fourth-order valence-electron chi connectivity index (χ4n) is 1.02. The summed E-state index contributed by atoms with van der Waals surface area (Å²) < 4.78 is 0. The Kier molecular flexibility index (Phi) is 1.99. The van der Waals surface area contributed by atoms with Crippen LogP contribution < -0.4 is 0 Å². The molecular formula is C7H5NS4. The van der Waals surface area contributed by atoms with Crippen molar-refractivity contribution in [2.75, 3.05) is 0 Å². The number of hydrogen-bond donors (Lipinski definition) is 1. The molecule has 2 rings (SSSR count). The fourth-order valence-corrected chi connectivity index (χ4v) is 3.44. The van der Waals surface area contributed by atoms with Crippen LogP contribution in [0.15, 0.2) is 33.0 Å². The highest BCUT2D eigenvalue weighted by atomic mass is 33.1. The third kappa shape index (κ3) is 1.31. The Hall–Kier alpha value is 0.0300. The second kappa shape index (κ2) is 2.77. The van der Waals surface area contributed by atoms with E-state index in [0.717, 1.165) is 15.5 Å². The number of thiol groups is 1. The van der Waals surface area contributed by atoms with Crippen molar-refractivity contribution in [3.63, 3.8) is 0 Å². The average Bonchev–Trinajstić information content (AvgIpc) is 2.28. The molecule has 5 heteroatoms. The van der Waals surface area contributed by atoms with Crippen LogP contribution in [0.3, 0.4) is 0 Å². The van der Waals surface area contributed by atoms with E-state index in [-0.39, 0.29) is 0 Å². The maximum Gasteiger partial charge on any atom is 0.0782 e. The van der Waals surface area contributed by atoms with Gasteiger partial charge in [-0.3, -0.25) is 0 Å². The minimum Gasteiger partial charge on any atom is -0.248 e. The summed E-state index contributed by atoms with van der Waals surface area (Å²) in [5.74, 6) is 0. The highest BCUT2D eigenvalue weighted by molar-refractivity contribution is 8.62. The van der Waals surface area contributed by atoms with Crippen molar-refractivity contribution in [2.24, 2.45) is 4.99 Å². The summed E-state index contributed by atoms with van der Waals surface area (Å²) in [6.07, 6.45) is 0. The normalized spacial score (nSPS) is 17.8. The van der Waals surface area contributed by atoms with E-state index in [2.05, 4.69) is 17.6 Å². The van der Waals surface area contributed by atoms with Crippen LogP contribution in [0.4, 0.5) is 5.69 Å². The van der Waals surface area contributed by atoms with Gasteiger partial charge < -0.3 is 0 Å². The van der Waals surface area contributed by atoms with Gasteiger partial charge in [-0.15, -0.1) is 12.6 Å². The molecule has 1 heterocycles. The maximum absolute atomic E-state index is 5.24. The molecule has 0 fully saturated rings. The Labute approximate surface area is 86.1 Å². The van der Waals surface area contributed by atoms with Crippen LogP contribution in [-0.4, -0.2) is 5.55 Å². The lowest BCUT2D eigenvalue weighted by molar-refractivity contribution is 1.32. The SMILES string of the molecule is S=S1(=S)C=Nc2ccc(S)cc21. The van der Waals surface area contributed by atoms with E-state index in [4.69, 9.17) is 22.4 Å². The summed E-state index contributed by atoms with van der Waals surface area (Å²) in [7, 11) is -1.60. The molecule has 0 saturated carbocycles. The average molecular weight is 231 g/mol. The van der Waals surface area contributed by atoms with Crippen LogP contribution in [0.2, 0.25) is 0 Å². The van der Waals surface area contributed by atoms with E-state index in [1.165, 1.54) is 0 Å². The first-order valence-corrected chi connectivity index (χ1v) is 7.21. The van der Waals surface area contributed by atoms with Gasteiger partial charge >= 0.3 is 0 Å². The standard InChI is InChI=1S/C7H5NS4/c9-5-1-2-6-7(3-5)12(10,11)4-8-6/h1-4,9H. The quantitative estimate of drug-likeness (QED) is 0.686. The number of benzene rings is 1. The highest BCUT2D eigenvalue weighted by Crippen LogP contribution is 2.31. The van der Waals surface area contributed by atoms with Crippen LogP contribution in [0.25, 0.3) is 0 Å². The zero-order valence-corrected chi connectivity index (χ0v) is 9.27. The summed E-state index contributed by atoms with van der Waals surface area (Å²) in [6.45, 7) is 0. The first-order valence-electron chi connectivity index (χ1n) is 3.22. The number of nitrogens with zero attached hydrogens (tertiary/aromatic N) is 1. The minimum atomic E-state index is -1.60. The minimum absolute atomic E-state index is 0.894. The lowest BCUT2D eigenvalue weighted by Crippen LogP contribution is -1.91. The molecule has 0 saturated heterocycles. The molecular weight excluding hydrogens is 226 g/mol. The van der Waals surface area contributed by atoms with Crippen molar-refractivity contribution in [1.82, 2.24) is 0 Å². The van der Waals surface area contributed by atoms with Gasteiger partial charge in [0.1, 0.15) is 0 Å². The van der Waals surface area contributed by atoms with Crippen molar-refractivity contribution in [1.29, 1.82) is 0 Å². The molecule has 1 aliphatic heterocycles. The third-order valence-electron chi connectivity index (χ3n) is 1.58. The maximum atomic E-state index is 5.24. The molecule has 1 aliphatic rings. The van der Waals surface area contributed by atoms with Crippen molar-refractivity contribution in [3.8, 4) is 0 Å². The van der Waals surface area contributed by atoms with Gasteiger partial charge in [0.05, 0.1) is 11.2 Å². The van der Waals surface area contributed by atoms with E-state index in [1.807, 2.05) is 18.2 Å². The topological polar surface area (TPSA) is 12.4 Å². The predicted molar refractivity (Wildman–Crippen MR) is 62.2 cm³/mol. The van der Waals surface area contributed by atoms with Gasteiger partial charge in [0.2, 0.25) is 0 Å². The summed E-state index contributed by atoms with van der Waals surface area (Å²) in [5, 5.41) is 0. The molecule has 0 aromatic heterocycles.